The molecule has 0 spiro atoms. The molecule has 3 N–H and O–H groups in total. The first kappa shape index (κ1) is 14.6. The van der Waals surface area contributed by atoms with Crippen LogP contribution in [0.15, 0.2) is 36.4 Å². The van der Waals surface area contributed by atoms with Crippen LogP contribution in [-0.2, 0) is 4.79 Å². The van der Waals surface area contributed by atoms with E-state index < -0.39 is 18.0 Å². The summed E-state index contributed by atoms with van der Waals surface area (Å²) in [6.45, 7) is 1.03. The summed E-state index contributed by atoms with van der Waals surface area (Å²) in [5.74, 6) is -1.33. The van der Waals surface area contributed by atoms with E-state index >= 15 is 0 Å². The van der Waals surface area contributed by atoms with Crippen molar-refractivity contribution in [2.24, 2.45) is 0 Å². The molecule has 0 fully saturated rings. The number of benzene rings is 1. The van der Waals surface area contributed by atoms with Gasteiger partial charge in [0.2, 0.25) is 0 Å². The fraction of sp³-hybridized carbons (Fsp3) is 0.400. The summed E-state index contributed by atoms with van der Waals surface area (Å²) in [7, 11) is 0. The summed E-state index contributed by atoms with van der Waals surface area (Å²) in [4.78, 5) is 12.8. The first-order valence-corrected chi connectivity index (χ1v) is 6.62. The van der Waals surface area contributed by atoms with Crippen LogP contribution in [0, 0.1) is 0 Å². The number of carboxylic acid groups (broad SMARTS) is 1. The number of aliphatic hydroxyl groups is 2. The van der Waals surface area contributed by atoms with Gasteiger partial charge in [0.1, 0.15) is 0 Å². The third-order valence-electron chi connectivity index (χ3n) is 3.44. The molecule has 0 aromatic heterocycles. The van der Waals surface area contributed by atoms with Crippen LogP contribution < -0.4 is 4.90 Å². The lowest BCUT2D eigenvalue weighted by Crippen LogP contribution is -2.35. The van der Waals surface area contributed by atoms with Gasteiger partial charge in [0.15, 0.2) is 0 Å². The zero-order valence-corrected chi connectivity index (χ0v) is 11.1. The number of carbonyl (C=O) groups is 1. The van der Waals surface area contributed by atoms with E-state index in [0.717, 1.165) is 11.3 Å². The van der Waals surface area contributed by atoms with E-state index in [4.69, 9.17) is 5.11 Å². The SMILES string of the molecule is O=C(O)CC(CO)c1cccc(N2CC=C[C@H](O)C2)c1. The number of hydrogen-bond donors (Lipinski definition) is 3. The Balaban J connectivity index is 2.18. The summed E-state index contributed by atoms with van der Waals surface area (Å²) in [5, 5.41) is 27.8. The highest BCUT2D eigenvalue weighted by Crippen LogP contribution is 2.25. The minimum atomic E-state index is -0.925. The van der Waals surface area contributed by atoms with Crippen molar-refractivity contribution in [3.63, 3.8) is 0 Å². The lowest BCUT2D eigenvalue weighted by molar-refractivity contribution is -0.137. The summed E-state index contributed by atoms with van der Waals surface area (Å²) < 4.78 is 0. The Labute approximate surface area is 117 Å². The Bertz CT molecular complexity index is 483. The van der Waals surface area contributed by atoms with Gasteiger partial charge >= 0.3 is 5.97 Å². The van der Waals surface area contributed by atoms with Crippen molar-refractivity contribution in [3.05, 3.63) is 42.0 Å². The van der Waals surface area contributed by atoms with Gasteiger partial charge in [0.25, 0.3) is 0 Å². The van der Waals surface area contributed by atoms with E-state index in [1.54, 1.807) is 6.08 Å². The Morgan fingerprint density at radius 1 is 1.45 bits per heavy atom. The van der Waals surface area contributed by atoms with Crippen molar-refractivity contribution >= 4 is 11.7 Å². The molecule has 1 aromatic carbocycles. The van der Waals surface area contributed by atoms with Gasteiger partial charge in [-0.25, -0.2) is 0 Å². The number of rotatable bonds is 5. The van der Waals surface area contributed by atoms with Gasteiger partial charge in [-0.1, -0.05) is 24.3 Å². The van der Waals surface area contributed by atoms with Crippen molar-refractivity contribution in [1.82, 2.24) is 0 Å². The molecule has 5 nitrogen and oxygen atoms in total. The van der Waals surface area contributed by atoms with Gasteiger partial charge in [-0.05, 0) is 17.7 Å². The van der Waals surface area contributed by atoms with E-state index in [0.29, 0.717) is 13.1 Å². The number of aliphatic carboxylic acids is 1. The number of hydrogen-bond acceptors (Lipinski definition) is 4. The second-order valence-electron chi connectivity index (χ2n) is 4.97. The summed E-state index contributed by atoms with van der Waals surface area (Å²) >= 11 is 0. The molecule has 0 amide bonds. The fourth-order valence-corrected chi connectivity index (χ4v) is 2.39. The molecule has 5 heteroatoms. The van der Waals surface area contributed by atoms with Gasteiger partial charge in [0.05, 0.1) is 19.1 Å². The highest BCUT2D eigenvalue weighted by atomic mass is 16.4. The lowest BCUT2D eigenvalue weighted by Gasteiger charge is -2.29. The van der Waals surface area contributed by atoms with E-state index in [1.165, 1.54) is 0 Å². The Hall–Kier alpha value is -1.85. The van der Waals surface area contributed by atoms with E-state index in [2.05, 4.69) is 0 Å². The predicted octanol–water partition coefficient (Wildman–Crippen LogP) is 0.974. The molecule has 108 valence electrons. The van der Waals surface area contributed by atoms with Gasteiger partial charge < -0.3 is 20.2 Å². The maximum absolute atomic E-state index is 10.8. The topological polar surface area (TPSA) is 81.0 Å². The van der Waals surface area contributed by atoms with E-state index in [9.17, 15) is 15.0 Å². The van der Waals surface area contributed by atoms with Crippen LogP contribution in [0.1, 0.15) is 17.9 Å². The number of nitrogens with zero attached hydrogens (tertiary/aromatic N) is 1. The minimum absolute atomic E-state index is 0.0948. The average molecular weight is 277 g/mol. The van der Waals surface area contributed by atoms with Crippen LogP contribution in [0.4, 0.5) is 5.69 Å². The van der Waals surface area contributed by atoms with Crippen LogP contribution in [0.3, 0.4) is 0 Å². The number of β-amino-alcohol motifs (C(OH)–C–C–N with tert-alkyl or cyclic N) is 1. The quantitative estimate of drug-likeness (QED) is 0.699. The van der Waals surface area contributed by atoms with Gasteiger partial charge in [-0.15, -0.1) is 0 Å². The van der Waals surface area contributed by atoms with Crippen molar-refractivity contribution in [3.8, 4) is 0 Å². The van der Waals surface area contributed by atoms with Crippen LogP contribution in [0.5, 0.6) is 0 Å². The van der Waals surface area contributed by atoms with E-state index in [-0.39, 0.29) is 13.0 Å². The van der Waals surface area contributed by atoms with Crippen LogP contribution >= 0.6 is 0 Å². The molecule has 2 atom stereocenters. The molecule has 0 bridgehead atoms. The van der Waals surface area contributed by atoms with Crippen LogP contribution in [0.2, 0.25) is 0 Å². The first-order chi connectivity index (χ1) is 9.60. The molecule has 0 saturated heterocycles. The van der Waals surface area contributed by atoms with Gasteiger partial charge in [-0.3, -0.25) is 4.79 Å². The standard InChI is InChI=1S/C15H19NO4/c17-10-12(8-15(19)20)11-3-1-4-13(7-11)16-6-2-5-14(18)9-16/h1-5,7,12,14,17-18H,6,8-10H2,(H,19,20)/t12?,14-/m0/s1. The van der Waals surface area contributed by atoms with Crippen molar-refractivity contribution in [2.75, 3.05) is 24.6 Å². The molecule has 20 heavy (non-hydrogen) atoms. The number of anilines is 1. The zero-order chi connectivity index (χ0) is 14.5. The Morgan fingerprint density at radius 2 is 2.25 bits per heavy atom. The molecule has 0 aliphatic carbocycles. The van der Waals surface area contributed by atoms with Crippen molar-refractivity contribution in [2.45, 2.75) is 18.4 Å². The van der Waals surface area contributed by atoms with Gasteiger partial charge in [-0.2, -0.15) is 0 Å². The summed E-state index contributed by atoms with van der Waals surface area (Å²) in [6.07, 6.45) is 3.09. The summed E-state index contributed by atoms with van der Waals surface area (Å²) in [5.41, 5.74) is 1.73. The second kappa shape index (κ2) is 6.54. The lowest BCUT2D eigenvalue weighted by atomic mass is 9.96. The molecule has 1 heterocycles. The molecular formula is C15H19NO4. The Morgan fingerprint density at radius 3 is 2.90 bits per heavy atom. The highest BCUT2D eigenvalue weighted by molar-refractivity contribution is 5.68. The van der Waals surface area contributed by atoms with Crippen molar-refractivity contribution < 1.29 is 20.1 Å². The molecule has 1 aliphatic heterocycles. The first-order valence-electron chi connectivity index (χ1n) is 6.62. The second-order valence-corrected chi connectivity index (χ2v) is 4.97. The molecule has 0 radical (unpaired) electrons. The van der Waals surface area contributed by atoms with Crippen LogP contribution in [0.25, 0.3) is 0 Å². The third kappa shape index (κ3) is 3.59. The predicted molar refractivity (Wildman–Crippen MR) is 75.9 cm³/mol. The molecule has 2 rings (SSSR count). The zero-order valence-electron chi connectivity index (χ0n) is 11.1. The number of carboxylic acids is 1. The van der Waals surface area contributed by atoms with Gasteiger partial charge in [0, 0.05) is 24.7 Å². The number of aliphatic hydroxyl groups excluding tert-OH is 2. The molecule has 0 saturated carbocycles. The highest BCUT2D eigenvalue weighted by Gasteiger charge is 2.18. The summed E-state index contributed by atoms with van der Waals surface area (Å²) in [6, 6.07) is 7.48. The minimum Gasteiger partial charge on any atom is -0.481 e. The van der Waals surface area contributed by atoms with Crippen molar-refractivity contribution in [1.29, 1.82) is 0 Å². The Kier molecular flexibility index (Phi) is 4.76. The molecule has 1 aromatic rings. The maximum Gasteiger partial charge on any atom is 0.304 e. The van der Waals surface area contributed by atoms with Crippen LogP contribution in [-0.4, -0.2) is 47.1 Å². The smallest absolute Gasteiger partial charge is 0.304 e. The normalized spacial score (nSPS) is 19.9. The third-order valence-corrected chi connectivity index (χ3v) is 3.44. The van der Waals surface area contributed by atoms with E-state index in [1.807, 2.05) is 35.2 Å². The maximum atomic E-state index is 10.8. The average Bonchev–Trinajstić information content (AvgIpc) is 2.44. The monoisotopic (exact) mass is 277 g/mol. The molecule has 1 aliphatic rings. The fourth-order valence-electron chi connectivity index (χ4n) is 2.39. The molecule has 1 unspecified atom stereocenters. The largest absolute Gasteiger partial charge is 0.481 e. The molecular weight excluding hydrogens is 258 g/mol.